The van der Waals surface area contributed by atoms with Gasteiger partial charge < -0.3 is 16.4 Å². The van der Waals surface area contributed by atoms with Crippen molar-refractivity contribution in [2.24, 2.45) is 5.73 Å². The summed E-state index contributed by atoms with van der Waals surface area (Å²) < 4.78 is 0. The van der Waals surface area contributed by atoms with Crippen LogP contribution in [0.25, 0.3) is 0 Å². The fraction of sp³-hybridized carbons (Fsp3) is 0.562. The van der Waals surface area contributed by atoms with Crippen molar-refractivity contribution in [3.8, 4) is 0 Å². The molecule has 0 unspecified atom stereocenters. The van der Waals surface area contributed by atoms with E-state index >= 15 is 0 Å². The van der Waals surface area contributed by atoms with E-state index in [9.17, 15) is 4.79 Å². The molecule has 0 saturated carbocycles. The van der Waals surface area contributed by atoms with E-state index in [0.717, 1.165) is 12.2 Å². The molecule has 1 heterocycles. The fourth-order valence-electron chi connectivity index (χ4n) is 2.73. The summed E-state index contributed by atoms with van der Waals surface area (Å²) in [7, 11) is 1.94. The fourth-order valence-corrected chi connectivity index (χ4v) is 2.92. The van der Waals surface area contributed by atoms with Crippen molar-refractivity contribution >= 4 is 23.2 Å². The second-order valence-electron chi connectivity index (χ2n) is 6.69. The van der Waals surface area contributed by atoms with Gasteiger partial charge in [-0.15, -0.1) is 0 Å². The molecule has 22 heavy (non-hydrogen) atoms. The van der Waals surface area contributed by atoms with Crippen LogP contribution in [0.2, 0.25) is 5.02 Å². The highest BCUT2D eigenvalue weighted by atomic mass is 35.5. The minimum absolute atomic E-state index is 0.0355. The number of halogens is 1. The van der Waals surface area contributed by atoms with Gasteiger partial charge in [0.2, 0.25) is 5.91 Å². The molecule has 0 bridgehead atoms. The third-order valence-electron chi connectivity index (χ3n) is 3.90. The number of carbonyl (C=O) groups is 1. The van der Waals surface area contributed by atoms with Gasteiger partial charge in [0.05, 0.1) is 11.6 Å². The molecule has 2 atom stereocenters. The summed E-state index contributed by atoms with van der Waals surface area (Å²) in [6.07, 6.45) is 0.708. The molecule has 1 aromatic rings. The lowest BCUT2D eigenvalue weighted by Crippen LogP contribution is -2.53. The lowest BCUT2D eigenvalue weighted by molar-refractivity contribution is -0.126. The predicted octanol–water partition coefficient (Wildman–Crippen LogP) is 1.68. The van der Waals surface area contributed by atoms with Gasteiger partial charge in [0.15, 0.2) is 0 Å². The lowest BCUT2D eigenvalue weighted by Gasteiger charge is -2.30. The molecule has 1 amide bonds. The first-order chi connectivity index (χ1) is 10.3. The molecule has 4 N–H and O–H groups in total. The van der Waals surface area contributed by atoms with Crippen molar-refractivity contribution < 1.29 is 4.79 Å². The molecule has 1 aliphatic rings. The number of rotatable bonds is 5. The molecule has 122 valence electrons. The van der Waals surface area contributed by atoms with Crippen molar-refractivity contribution in [1.82, 2.24) is 10.2 Å². The number of nitrogens with one attached hydrogen (secondary N) is 2. The number of nitrogens with two attached hydrogens (primary N) is 1. The van der Waals surface area contributed by atoms with Crippen LogP contribution in [0, 0.1) is 0 Å². The van der Waals surface area contributed by atoms with Crippen LogP contribution in [0.1, 0.15) is 20.3 Å². The Kier molecular flexibility index (Phi) is 5.32. The highest BCUT2D eigenvalue weighted by molar-refractivity contribution is 6.30. The summed E-state index contributed by atoms with van der Waals surface area (Å²) in [5.74, 6) is 0.0355. The predicted molar refractivity (Wildman–Crippen MR) is 91.2 cm³/mol. The Morgan fingerprint density at radius 1 is 1.50 bits per heavy atom. The summed E-state index contributed by atoms with van der Waals surface area (Å²) in [6, 6.07) is 7.48. The molecule has 0 radical (unpaired) electrons. The van der Waals surface area contributed by atoms with E-state index in [4.69, 9.17) is 17.3 Å². The van der Waals surface area contributed by atoms with Crippen LogP contribution in [0.4, 0.5) is 5.69 Å². The summed E-state index contributed by atoms with van der Waals surface area (Å²) >= 11 is 5.97. The molecule has 0 aliphatic carbocycles. The van der Waals surface area contributed by atoms with E-state index in [-0.39, 0.29) is 23.5 Å². The Balaban J connectivity index is 1.89. The van der Waals surface area contributed by atoms with Crippen molar-refractivity contribution in [3.05, 3.63) is 29.3 Å². The minimum atomic E-state index is -0.368. The van der Waals surface area contributed by atoms with Gasteiger partial charge in [-0.25, -0.2) is 0 Å². The molecular formula is C16H25ClN4O. The molecule has 0 spiro atoms. The quantitative estimate of drug-likeness (QED) is 0.770. The van der Waals surface area contributed by atoms with Gasteiger partial charge in [-0.1, -0.05) is 17.7 Å². The lowest BCUT2D eigenvalue weighted by atomic mass is 10.0. The number of likely N-dealkylation sites (tertiary alicyclic amines) is 1. The number of hydrogen-bond acceptors (Lipinski definition) is 4. The Bertz CT molecular complexity index is 535. The van der Waals surface area contributed by atoms with Crippen molar-refractivity contribution in [2.45, 2.75) is 37.9 Å². The maximum Gasteiger partial charge on any atom is 0.237 e. The van der Waals surface area contributed by atoms with E-state index < -0.39 is 0 Å². The van der Waals surface area contributed by atoms with Gasteiger partial charge in [-0.05, 0) is 45.5 Å². The van der Waals surface area contributed by atoms with Crippen LogP contribution >= 0.6 is 11.6 Å². The third-order valence-corrected chi connectivity index (χ3v) is 4.14. The second-order valence-corrected chi connectivity index (χ2v) is 7.12. The van der Waals surface area contributed by atoms with Crippen molar-refractivity contribution in [3.63, 3.8) is 0 Å². The number of anilines is 1. The molecular weight excluding hydrogens is 300 g/mol. The molecule has 1 fully saturated rings. The number of benzene rings is 1. The van der Waals surface area contributed by atoms with E-state index in [0.29, 0.717) is 18.0 Å². The third kappa shape index (κ3) is 4.60. The zero-order valence-electron chi connectivity index (χ0n) is 13.4. The van der Waals surface area contributed by atoms with Gasteiger partial charge in [0.1, 0.15) is 0 Å². The Morgan fingerprint density at radius 2 is 2.23 bits per heavy atom. The molecule has 1 saturated heterocycles. The van der Waals surface area contributed by atoms with Crippen LogP contribution in [-0.4, -0.2) is 48.6 Å². The first-order valence-electron chi connectivity index (χ1n) is 7.54. The maximum absolute atomic E-state index is 12.4. The van der Waals surface area contributed by atoms with Crippen molar-refractivity contribution in [2.75, 3.05) is 25.5 Å². The molecule has 6 heteroatoms. The summed E-state index contributed by atoms with van der Waals surface area (Å²) in [5.41, 5.74) is 6.49. The molecule has 1 aliphatic heterocycles. The topological polar surface area (TPSA) is 70.4 Å². The van der Waals surface area contributed by atoms with Gasteiger partial charge >= 0.3 is 0 Å². The standard InChI is InChI=1S/C16H25ClN4O/c1-16(2,10-19-13-6-4-5-11(17)7-13)20-15(22)14-8-12(18)9-21(14)3/h4-7,12,14,19H,8-10,18H2,1-3H3,(H,20,22)/t12-,14-/m0/s1. The number of carbonyl (C=O) groups excluding carboxylic acids is 1. The first kappa shape index (κ1) is 17.1. The van der Waals surface area contributed by atoms with Crippen LogP contribution in [-0.2, 0) is 4.79 Å². The van der Waals surface area contributed by atoms with Gasteiger partial charge in [-0.3, -0.25) is 9.69 Å². The van der Waals surface area contributed by atoms with Crippen LogP contribution < -0.4 is 16.4 Å². The zero-order chi connectivity index (χ0) is 16.3. The van der Waals surface area contributed by atoms with E-state index in [1.54, 1.807) is 0 Å². The summed E-state index contributed by atoms with van der Waals surface area (Å²) in [5, 5.41) is 7.09. The number of likely N-dealkylation sites (N-methyl/N-ethyl adjacent to an activating group) is 1. The normalized spacial score (nSPS) is 22.6. The Labute approximate surface area is 137 Å². The van der Waals surface area contributed by atoms with Crippen LogP contribution in [0.3, 0.4) is 0 Å². The summed E-state index contributed by atoms with van der Waals surface area (Å²) in [4.78, 5) is 14.4. The van der Waals surface area contributed by atoms with Crippen LogP contribution in [0.15, 0.2) is 24.3 Å². The van der Waals surface area contributed by atoms with Gasteiger partial charge in [-0.2, -0.15) is 0 Å². The number of nitrogens with zero attached hydrogens (tertiary/aromatic N) is 1. The monoisotopic (exact) mass is 324 g/mol. The average Bonchev–Trinajstić information content (AvgIpc) is 2.75. The molecule has 2 rings (SSSR count). The second kappa shape index (κ2) is 6.86. The largest absolute Gasteiger partial charge is 0.383 e. The smallest absolute Gasteiger partial charge is 0.237 e. The Hall–Kier alpha value is -1.30. The SMILES string of the molecule is CN1C[C@@H](N)C[C@H]1C(=O)NC(C)(C)CNc1cccc(Cl)c1. The van der Waals surface area contributed by atoms with Gasteiger partial charge in [0, 0.05) is 29.8 Å². The zero-order valence-corrected chi connectivity index (χ0v) is 14.2. The van der Waals surface area contributed by atoms with Crippen molar-refractivity contribution in [1.29, 1.82) is 0 Å². The minimum Gasteiger partial charge on any atom is -0.383 e. The summed E-state index contributed by atoms with van der Waals surface area (Å²) in [6.45, 7) is 5.37. The maximum atomic E-state index is 12.4. The van der Waals surface area contributed by atoms with E-state index in [1.807, 2.05) is 50.1 Å². The molecule has 1 aromatic carbocycles. The van der Waals surface area contributed by atoms with E-state index in [2.05, 4.69) is 10.6 Å². The average molecular weight is 325 g/mol. The highest BCUT2D eigenvalue weighted by Gasteiger charge is 2.34. The van der Waals surface area contributed by atoms with E-state index in [1.165, 1.54) is 0 Å². The highest BCUT2D eigenvalue weighted by Crippen LogP contribution is 2.18. The number of hydrogen-bond donors (Lipinski definition) is 3. The number of amides is 1. The first-order valence-corrected chi connectivity index (χ1v) is 7.92. The van der Waals surface area contributed by atoms with Gasteiger partial charge in [0.25, 0.3) is 0 Å². The molecule has 5 nitrogen and oxygen atoms in total. The van der Waals surface area contributed by atoms with Crippen LogP contribution in [0.5, 0.6) is 0 Å². The Morgan fingerprint density at radius 3 is 2.82 bits per heavy atom. The molecule has 0 aromatic heterocycles.